The van der Waals surface area contributed by atoms with Crippen LogP contribution >= 0.6 is 27.5 Å². The predicted octanol–water partition coefficient (Wildman–Crippen LogP) is 4.81. The molecule has 0 saturated carbocycles. The average molecular weight is 356 g/mol. The fourth-order valence-electron chi connectivity index (χ4n) is 2.41. The van der Waals surface area contributed by atoms with E-state index in [9.17, 15) is 5.11 Å². The van der Waals surface area contributed by atoms with Crippen molar-refractivity contribution >= 4 is 27.5 Å². The predicted molar refractivity (Wildman–Crippen MR) is 85.7 cm³/mol. The molecular weight excluding hydrogens is 340 g/mol. The molecule has 2 aromatic rings. The number of hydrogen-bond acceptors (Lipinski definition) is 2. The number of benzene rings is 2. The molecule has 0 aliphatic heterocycles. The summed E-state index contributed by atoms with van der Waals surface area (Å²) in [6.45, 7) is 3.97. The Morgan fingerprint density at radius 3 is 2.35 bits per heavy atom. The van der Waals surface area contributed by atoms with Crippen LogP contribution in [0.1, 0.15) is 28.4 Å². The van der Waals surface area contributed by atoms with Crippen molar-refractivity contribution in [2.45, 2.75) is 20.0 Å². The summed E-state index contributed by atoms with van der Waals surface area (Å²) in [7, 11) is 1.58. The fraction of sp³-hybridized carbons (Fsp3) is 0.250. The third-order valence-electron chi connectivity index (χ3n) is 3.35. The van der Waals surface area contributed by atoms with Crippen molar-refractivity contribution in [3.63, 3.8) is 0 Å². The maximum atomic E-state index is 10.8. The van der Waals surface area contributed by atoms with Crippen molar-refractivity contribution < 1.29 is 9.84 Å². The number of aliphatic hydroxyl groups excluding tert-OH is 1. The van der Waals surface area contributed by atoms with Gasteiger partial charge in [0.15, 0.2) is 0 Å². The summed E-state index contributed by atoms with van der Waals surface area (Å²) >= 11 is 9.51. The second kappa shape index (κ2) is 6.17. The van der Waals surface area contributed by atoms with E-state index in [1.807, 2.05) is 32.0 Å². The van der Waals surface area contributed by atoms with Crippen LogP contribution in [-0.4, -0.2) is 12.2 Å². The molecule has 1 N–H and O–H groups in total. The highest BCUT2D eigenvalue weighted by Gasteiger charge is 2.21. The molecule has 0 aromatic heterocycles. The van der Waals surface area contributed by atoms with Crippen molar-refractivity contribution in [2.24, 2.45) is 0 Å². The Labute approximate surface area is 132 Å². The van der Waals surface area contributed by atoms with Crippen molar-refractivity contribution in [3.8, 4) is 5.75 Å². The molecule has 1 unspecified atom stereocenters. The van der Waals surface area contributed by atoms with E-state index < -0.39 is 6.10 Å². The van der Waals surface area contributed by atoms with E-state index in [2.05, 4.69) is 15.9 Å². The molecule has 106 valence electrons. The Morgan fingerprint density at radius 2 is 1.80 bits per heavy atom. The van der Waals surface area contributed by atoms with Gasteiger partial charge in [-0.2, -0.15) is 0 Å². The van der Waals surface area contributed by atoms with Gasteiger partial charge < -0.3 is 9.84 Å². The second-order valence-corrected chi connectivity index (χ2v) is 6.01. The Bertz CT molecular complexity index is 620. The van der Waals surface area contributed by atoms with Gasteiger partial charge in [0.05, 0.1) is 11.6 Å². The largest absolute Gasteiger partial charge is 0.495 e. The summed E-state index contributed by atoms with van der Waals surface area (Å²) in [6, 6.07) is 9.43. The number of halogens is 2. The second-order valence-electron chi connectivity index (χ2n) is 4.72. The summed E-state index contributed by atoms with van der Waals surface area (Å²) < 4.78 is 6.12. The maximum absolute atomic E-state index is 10.8. The molecule has 2 nitrogen and oxygen atoms in total. The number of rotatable bonds is 3. The highest BCUT2D eigenvalue weighted by molar-refractivity contribution is 9.10. The third-order valence-corrected chi connectivity index (χ3v) is 4.16. The molecule has 2 aromatic carbocycles. The van der Waals surface area contributed by atoms with Crippen LogP contribution in [0.4, 0.5) is 0 Å². The first-order valence-electron chi connectivity index (χ1n) is 6.22. The van der Waals surface area contributed by atoms with Crippen molar-refractivity contribution in [2.75, 3.05) is 7.11 Å². The van der Waals surface area contributed by atoms with E-state index in [0.29, 0.717) is 16.3 Å². The smallest absolute Gasteiger partial charge is 0.139 e. The summed E-state index contributed by atoms with van der Waals surface area (Å²) in [5.41, 5.74) is 3.62. The molecule has 1 atom stereocenters. The van der Waals surface area contributed by atoms with Crippen LogP contribution in [0.3, 0.4) is 0 Å². The molecule has 0 heterocycles. The minimum atomic E-state index is -0.777. The van der Waals surface area contributed by atoms with E-state index in [1.165, 1.54) is 0 Å². The Hall–Kier alpha value is -1.03. The average Bonchev–Trinajstić information content (AvgIpc) is 2.37. The zero-order valence-electron chi connectivity index (χ0n) is 11.6. The van der Waals surface area contributed by atoms with Crippen LogP contribution in [0.2, 0.25) is 5.02 Å². The van der Waals surface area contributed by atoms with Crippen LogP contribution in [0, 0.1) is 13.8 Å². The van der Waals surface area contributed by atoms with Gasteiger partial charge in [0.25, 0.3) is 0 Å². The van der Waals surface area contributed by atoms with Crippen molar-refractivity contribution in [1.29, 1.82) is 0 Å². The van der Waals surface area contributed by atoms with E-state index in [-0.39, 0.29) is 0 Å². The molecule has 20 heavy (non-hydrogen) atoms. The lowest BCUT2D eigenvalue weighted by Gasteiger charge is -2.20. The molecule has 0 aliphatic rings. The lowest BCUT2D eigenvalue weighted by molar-refractivity contribution is 0.213. The van der Waals surface area contributed by atoms with E-state index in [1.54, 1.807) is 19.2 Å². The first kappa shape index (κ1) is 15.4. The Morgan fingerprint density at radius 1 is 1.20 bits per heavy atom. The molecule has 0 radical (unpaired) electrons. The van der Waals surface area contributed by atoms with Crippen LogP contribution in [0.15, 0.2) is 34.8 Å². The molecule has 0 saturated heterocycles. The summed E-state index contributed by atoms with van der Waals surface area (Å²) in [5, 5.41) is 11.3. The van der Waals surface area contributed by atoms with E-state index in [4.69, 9.17) is 16.3 Å². The quantitative estimate of drug-likeness (QED) is 0.856. The monoisotopic (exact) mass is 354 g/mol. The lowest BCUT2D eigenvalue weighted by atomic mass is 9.93. The Kier molecular flexibility index (Phi) is 4.74. The minimum absolute atomic E-state index is 0.554. The first-order valence-corrected chi connectivity index (χ1v) is 7.40. The van der Waals surface area contributed by atoms with Crippen molar-refractivity contribution in [1.82, 2.24) is 0 Å². The maximum Gasteiger partial charge on any atom is 0.139 e. The topological polar surface area (TPSA) is 29.5 Å². The highest BCUT2D eigenvalue weighted by atomic mass is 79.9. The summed E-state index contributed by atoms with van der Waals surface area (Å²) in [4.78, 5) is 0. The zero-order valence-corrected chi connectivity index (χ0v) is 13.9. The molecule has 0 fully saturated rings. The first-order chi connectivity index (χ1) is 9.45. The summed E-state index contributed by atoms with van der Waals surface area (Å²) in [5.74, 6) is 0.601. The molecule has 4 heteroatoms. The number of ether oxygens (including phenoxy) is 1. The molecule has 0 bridgehead atoms. The normalized spacial score (nSPS) is 12.3. The van der Waals surface area contributed by atoms with Crippen LogP contribution in [0.25, 0.3) is 0 Å². The van der Waals surface area contributed by atoms with Crippen LogP contribution < -0.4 is 4.74 Å². The SMILES string of the molecule is COc1c(Br)cc(Cl)cc1C(O)c1c(C)cccc1C. The zero-order chi connectivity index (χ0) is 14.9. The van der Waals surface area contributed by atoms with Gasteiger partial charge >= 0.3 is 0 Å². The molecule has 0 spiro atoms. The van der Waals surface area contributed by atoms with Crippen LogP contribution in [-0.2, 0) is 0 Å². The van der Waals surface area contributed by atoms with Gasteiger partial charge in [0.1, 0.15) is 11.9 Å². The standard InChI is InChI=1S/C16H16BrClO2/c1-9-5-4-6-10(2)14(9)15(19)12-7-11(18)8-13(17)16(12)20-3/h4-8,15,19H,1-3H3. The number of hydrogen-bond donors (Lipinski definition) is 1. The third kappa shape index (κ3) is 2.85. The highest BCUT2D eigenvalue weighted by Crippen LogP contribution is 2.39. The van der Waals surface area contributed by atoms with Gasteiger partial charge in [0, 0.05) is 10.6 Å². The number of aliphatic hydroxyl groups is 1. The van der Waals surface area contributed by atoms with Gasteiger partial charge in [-0.05, 0) is 58.6 Å². The van der Waals surface area contributed by atoms with Gasteiger partial charge in [0.2, 0.25) is 0 Å². The number of aryl methyl sites for hydroxylation is 2. The van der Waals surface area contributed by atoms with Crippen molar-refractivity contribution in [3.05, 3.63) is 62.1 Å². The fourth-order valence-corrected chi connectivity index (χ4v) is 3.41. The lowest BCUT2D eigenvalue weighted by Crippen LogP contribution is -2.07. The number of methoxy groups -OCH3 is 1. The molecular formula is C16H16BrClO2. The van der Waals surface area contributed by atoms with Gasteiger partial charge in [-0.15, -0.1) is 0 Å². The minimum Gasteiger partial charge on any atom is -0.495 e. The Balaban J connectivity index is 2.62. The summed E-state index contributed by atoms with van der Waals surface area (Å²) in [6.07, 6.45) is -0.777. The van der Waals surface area contributed by atoms with Gasteiger partial charge in [-0.1, -0.05) is 29.8 Å². The van der Waals surface area contributed by atoms with E-state index in [0.717, 1.165) is 21.2 Å². The van der Waals surface area contributed by atoms with Gasteiger partial charge in [-0.25, -0.2) is 0 Å². The molecule has 0 amide bonds. The molecule has 0 aliphatic carbocycles. The van der Waals surface area contributed by atoms with E-state index >= 15 is 0 Å². The van der Waals surface area contributed by atoms with Gasteiger partial charge in [-0.3, -0.25) is 0 Å². The molecule has 2 rings (SSSR count). The van der Waals surface area contributed by atoms with Crippen LogP contribution in [0.5, 0.6) is 5.75 Å².